The van der Waals surface area contributed by atoms with Crippen LogP contribution in [0.25, 0.3) is 0 Å². The number of ether oxygens (including phenoxy) is 1. The molecule has 0 bridgehead atoms. The van der Waals surface area contributed by atoms with Crippen LogP contribution in [0.4, 0.5) is 0 Å². The first-order valence-corrected chi connectivity index (χ1v) is 7.82. The van der Waals surface area contributed by atoms with Gasteiger partial charge < -0.3 is 4.74 Å². The maximum atomic E-state index is 11.9. The summed E-state index contributed by atoms with van der Waals surface area (Å²) >= 11 is 1.51. The number of benzene rings is 1. The van der Waals surface area contributed by atoms with Crippen LogP contribution in [0.3, 0.4) is 0 Å². The van der Waals surface area contributed by atoms with Crippen molar-refractivity contribution in [1.29, 1.82) is 0 Å². The van der Waals surface area contributed by atoms with E-state index in [1.54, 1.807) is 0 Å². The Bertz CT molecular complexity index is 555. The molecule has 0 spiro atoms. The van der Waals surface area contributed by atoms with E-state index in [0.717, 1.165) is 21.9 Å². The fourth-order valence-corrected chi connectivity index (χ4v) is 2.73. The van der Waals surface area contributed by atoms with Crippen molar-refractivity contribution in [1.82, 2.24) is 0 Å². The molecule has 0 atom stereocenters. The lowest BCUT2D eigenvalue weighted by Gasteiger charge is -2.06. The molecule has 0 aliphatic carbocycles. The van der Waals surface area contributed by atoms with Gasteiger partial charge in [0.15, 0.2) is 6.61 Å². The molecule has 2 rings (SSSR count). The highest BCUT2D eigenvalue weighted by atomic mass is 32.1. The second-order valence-corrected chi connectivity index (χ2v) is 6.16. The van der Waals surface area contributed by atoms with Crippen LogP contribution in [0, 0.1) is 6.92 Å². The molecular formula is C17H20O2S. The van der Waals surface area contributed by atoms with E-state index < -0.39 is 0 Å². The Morgan fingerprint density at radius 3 is 2.50 bits per heavy atom. The zero-order chi connectivity index (χ0) is 14.4. The largest absolute Gasteiger partial charge is 0.485 e. The molecule has 2 aromatic rings. The molecule has 3 heteroatoms. The average molecular weight is 288 g/mol. The molecular weight excluding hydrogens is 268 g/mol. The van der Waals surface area contributed by atoms with E-state index in [-0.39, 0.29) is 12.4 Å². The van der Waals surface area contributed by atoms with E-state index in [9.17, 15) is 4.79 Å². The molecule has 1 heterocycles. The number of unbranched alkanes of at least 4 members (excludes halogenated alkanes) is 1. The van der Waals surface area contributed by atoms with Gasteiger partial charge in [-0.3, -0.25) is 4.79 Å². The minimum atomic E-state index is 0.0400. The van der Waals surface area contributed by atoms with Gasteiger partial charge >= 0.3 is 0 Å². The first-order chi connectivity index (χ1) is 9.69. The van der Waals surface area contributed by atoms with Gasteiger partial charge in [0.2, 0.25) is 5.78 Å². The number of carbonyl (C=O) groups is 1. The van der Waals surface area contributed by atoms with Crippen molar-refractivity contribution in [2.24, 2.45) is 0 Å². The summed E-state index contributed by atoms with van der Waals surface area (Å²) in [6.45, 7) is 4.29. The number of carbonyl (C=O) groups excluding carboxylic acids is 1. The predicted molar refractivity (Wildman–Crippen MR) is 83.9 cm³/mol. The minimum Gasteiger partial charge on any atom is -0.485 e. The van der Waals surface area contributed by atoms with Gasteiger partial charge in [-0.05, 0) is 49.6 Å². The normalized spacial score (nSPS) is 10.5. The Hall–Kier alpha value is -1.61. The van der Waals surface area contributed by atoms with E-state index in [0.29, 0.717) is 0 Å². The Labute approximate surface area is 124 Å². The molecule has 0 amide bonds. The summed E-state index contributed by atoms with van der Waals surface area (Å²) in [5.41, 5.74) is 1.32. The van der Waals surface area contributed by atoms with Crippen molar-refractivity contribution in [2.75, 3.05) is 6.61 Å². The Morgan fingerprint density at radius 1 is 1.15 bits per heavy atom. The van der Waals surface area contributed by atoms with Crippen LogP contribution in [0.2, 0.25) is 0 Å². The molecule has 0 fully saturated rings. The third-order valence-electron chi connectivity index (χ3n) is 3.13. The van der Waals surface area contributed by atoms with Gasteiger partial charge in [0, 0.05) is 4.88 Å². The van der Waals surface area contributed by atoms with Gasteiger partial charge in [0.1, 0.15) is 5.75 Å². The molecule has 0 aliphatic rings. The topological polar surface area (TPSA) is 26.3 Å². The molecule has 1 aromatic carbocycles. The van der Waals surface area contributed by atoms with E-state index in [4.69, 9.17) is 4.74 Å². The first-order valence-electron chi connectivity index (χ1n) is 7.00. The summed E-state index contributed by atoms with van der Waals surface area (Å²) in [6, 6.07) is 11.9. The van der Waals surface area contributed by atoms with Crippen molar-refractivity contribution in [3.63, 3.8) is 0 Å². The SMILES string of the molecule is CCCCc1ccc(OCC(=O)c2ccc(C)s2)cc1. The lowest BCUT2D eigenvalue weighted by atomic mass is 10.1. The highest BCUT2D eigenvalue weighted by Gasteiger charge is 2.09. The molecule has 0 radical (unpaired) electrons. The summed E-state index contributed by atoms with van der Waals surface area (Å²) in [5, 5.41) is 0. The number of ketones is 1. The third kappa shape index (κ3) is 4.20. The summed E-state index contributed by atoms with van der Waals surface area (Å²) in [6.07, 6.45) is 3.51. The number of Topliss-reactive ketones (excluding diaryl/α,β-unsaturated/α-hetero) is 1. The van der Waals surface area contributed by atoms with E-state index in [1.165, 1.54) is 29.7 Å². The maximum absolute atomic E-state index is 11.9. The summed E-state index contributed by atoms with van der Waals surface area (Å²) in [4.78, 5) is 13.8. The molecule has 0 N–H and O–H groups in total. The van der Waals surface area contributed by atoms with Crippen molar-refractivity contribution >= 4 is 17.1 Å². The van der Waals surface area contributed by atoms with Gasteiger partial charge in [-0.15, -0.1) is 11.3 Å². The molecule has 0 unspecified atom stereocenters. The van der Waals surface area contributed by atoms with Crippen molar-refractivity contribution in [2.45, 2.75) is 33.1 Å². The van der Waals surface area contributed by atoms with E-state index in [1.807, 2.05) is 31.2 Å². The number of hydrogen-bond acceptors (Lipinski definition) is 3. The maximum Gasteiger partial charge on any atom is 0.210 e. The van der Waals surface area contributed by atoms with Crippen LogP contribution in [0.15, 0.2) is 36.4 Å². The van der Waals surface area contributed by atoms with Crippen LogP contribution >= 0.6 is 11.3 Å². The minimum absolute atomic E-state index is 0.0400. The van der Waals surface area contributed by atoms with Gasteiger partial charge in [0.25, 0.3) is 0 Å². The fraction of sp³-hybridized carbons (Fsp3) is 0.353. The fourth-order valence-electron chi connectivity index (χ4n) is 1.94. The van der Waals surface area contributed by atoms with Crippen LogP contribution in [-0.2, 0) is 6.42 Å². The number of rotatable bonds is 7. The average Bonchev–Trinajstić information content (AvgIpc) is 2.90. The Morgan fingerprint density at radius 2 is 1.90 bits per heavy atom. The van der Waals surface area contributed by atoms with Crippen molar-refractivity contribution in [3.8, 4) is 5.75 Å². The van der Waals surface area contributed by atoms with E-state index in [2.05, 4.69) is 19.1 Å². The quantitative estimate of drug-likeness (QED) is 0.693. The summed E-state index contributed by atoms with van der Waals surface area (Å²) in [7, 11) is 0. The number of thiophene rings is 1. The molecule has 106 valence electrons. The molecule has 1 aromatic heterocycles. The lowest BCUT2D eigenvalue weighted by molar-refractivity contribution is 0.0925. The van der Waals surface area contributed by atoms with Crippen LogP contribution in [-0.4, -0.2) is 12.4 Å². The Balaban J connectivity index is 1.86. The summed E-state index contributed by atoms with van der Waals surface area (Å²) in [5.74, 6) is 0.796. The molecule has 20 heavy (non-hydrogen) atoms. The van der Waals surface area contributed by atoms with E-state index >= 15 is 0 Å². The van der Waals surface area contributed by atoms with Crippen LogP contribution in [0.5, 0.6) is 5.75 Å². The zero-order valence-corrected chi connectivity index (χ0v) is 12.8. The van der Waals surface area contributed by atoms with Gasteiger partial charge in [-0.2, -0.15) is 0 Å². The predicted octanol–water partition coefficient (Wildman–Crippen LogP) is 4.66. The van der Waals surface area contributed by atoms with Gasteiger partial charge in [0.05, 0.1) is 4.88 Å². The third-order valence-corrected chi connectivity index (χ3v) is 4.17. The molecule has 0 aliphatic heterocycles. The van der Waals surface area contributed by atoms with Gasteiger partial charge in [-0.1, -0.05) is 25.5 Å². The van der Waals surface area contributed by atoms with Crippen LogP contribution in [0.1, 0.15) is 39.9 Å². The zero-order valence-electron chi connectivity index (χ0n) is 12.0. The monoisotopic (exact) mass is 288 g/mol. The van der Waals surface area contributed by atoms with Gasteiger partial charge in [-0.25, -0.2) is 0 Å². The number of hydrogen-bond donors (Lipinski definition) is 0. The van der Waals surface area contributed by atoms with Crippen molar-refractivity contribution in [3.05, 3.63) is 51.7 Å². The van der Waals surface area contributed by atoms with Crippen molar-refractivity contribution < 1.29 is 9.53 Å². The molecule has 0 saturated carbocycles. The molecule has 0 saturated heterocycles. The smallest absolute Gasteiger partial charge is 0.210 e. The summed E-state index contributed by atoms with van der Waals surface area (Å²) < 4.78 is 5.55. The standard InChI is InChI=1S/C17H20O2S/c1-3-4-5-14-7-9-15(10-8-14)19-12-16(18)17-11-6-13(2)20-17/h6-11H,3-5,12H2,1-2H3. The van der Waals surface area contributed by atoms with Crippen LogP contribution < -0.4 is 4.74 Å². The molecule has 2 nitrogen and oxygen atoms in total. The highest BCUT2D eigenvalue weighted by molar-refractivity contribution is 7.14. The lowest BCUT2D eigenvalue weighted by Crippen LogP contribution is -2.10. The second kappa shape index (κ2) is 7.25. The Kier molecular flexibility index (Phi) is 5.36. The first kappa shape index (κ1) is 14.8. The number of aryl methyl sites for hydroxylation is 2. The second-order valence-electron chi connectivity index (χ2n) is 4.87. The highest BCUT2D eigenvalue weighted by Crippen LogP contribution is 2.17.